The second-order valence-electron chi connectivity index (χ2n) is 5.02. The maximum Gasteiger partial charge on any atom is 0.233 e. The van der Waals surface area contributed by atoms with Crippen molar-refractivity contribution in [3.05, 3.63) is 27.9 Å². The van der Waals surface area contributed by atoms with Gasteiger partial charge < -0.3 is 9.15 Å². The van der Waals surface area contributed by atoms with Crippen LogP contribution in [0.25, 0.3) is 0 Å². The van der Waals surface area contributed by atoms with Crippen LogP contribution in [0.3, 0.4) is 0 Å². The van der Waals surface area contributed by atoms with Crippen molar-refractivity contribution in [2.24, 2.45) is 0 Å². The number of ether oxygens (including phenoxy) is 1. The molecule has 0 aliphatic carbocycles. The second-order valence-corrected chi connectivity index (χ2v) is 5.91. The van der Waals surface area contributed by atoms with Crippen molar-refractivity contribution in [3.8, 4) is 0 Å². The molecule has 0 amide bonds. The van der Waals surface area contributed by atoms with E-state index in [1.54, 1.807) is 11.3 Å². The number of morpholine rings is 1. The molecule has 0 spiro atoms. The molecular formula is C13H18N4O2S. The van der Waals surface area contributed by atoms with Crippen molar-refractivity contribution in [1.82, 2.24) is 20.1 Å². The summed E-state index contributed by atoms with van der Waals surface area (Å²) in [6.07, 6.45) is 0.0360. The van der Waals surface area contributed by atoms with Gasteiger partial charge in [0.05, 0.1) is 12.6 Å². The van der Waals surface area contributed by atoms with E-state index in [0.717, 1.165) is 23.8 Å². The molecule has 1 aliphatic rings. The number of nitrogens with zero attached hydrogens (tertiary/aromatic N) is 4. The fourth-order valence-electron chi connectivity index (χ4n) is 2.33. The van der Waals surface area contributed by atoms with Crippen LogP contribution in [0.2, 0.25) is 0 Å². The van der Waals surface area contributed by atoms with E-state index in [-0.39, 0.29) is 12.1 Å². The van der Waals surface area contributed by atoms with Gasteiger partial charge in [0.25, 0.3) is 0 Å². The fourth-order valence-corrected chi connectivity index (χ4v) is 3.16. The summed E-state index contributed by atoms with van der Waals surface area (Å²) in [6, 6.07) is 0.101. The van der Waals surface area contributed by atoms with Gasteiger partial charge in [-0.2, -0.15) is 0 Å². The lowest BCUT2D eigenvalue weighted by atomic mass is 10.2. The molecule has 0 aromatic carbocycles. The first-order chi connectivity index (χ1) is 9.63. The molecule has 1 fully saturated rings. The molecule has 3 rings (SSSR count). The van der Waals surface area contributed by atoms with Crippen LogP contribution >= 0.6 is 11.3 Å². The number of hydrogen-bond donors (Lipinski definition) is 0. The van der Waals surface area contributed by atoms with E-state index in [2.05, 4.69) is 32.4 Å². The van der Waals surface area contributed by atoms with E-state index in [9.17, 15) is 0 Å². The van der Waals surface area contributed by atoms with Crippen LogP contribution < -0.4 is 0 Å². The largest absolute Gasteiger partial charge is 0.424 e. The quantitative estimate of drug-likeness (QED) is 0.865. The lowest BCUT2D eigenvalue weighted by molar-refractivity contribution is -0.0465. The molecule has 2 aromatic heterocycles. The summed E-state index contributed by atoms with van der Waals surface area (Å²) in [5.41, 5.74) is 1.05. The maximum atomic E-state index is 5.84. The van der Waals surface area contributed by atoms with E-state index in [4.69, 9.17) is 9.15 Å². The van der Waals surface area contributed by atoms with Crippen LogP contribution in [0.15, 0.2) is 9.80 Å². The minimum absolute atomic E-state index is 0.0360. The van der Waals surface area contributed by atoms with Gasteiger partial charge in [0.15, 0.2) is 0 Å². The lowest BCUT2D eigenvalue weighted by Crippen LogP contribution is -2.40. The average Bonchev–Trinajstić information content (AvgIpc) is 3.07. The molecule has 1 aliphatic heterocycles. The van der Waals surface area contributed by atoms with Crippen molar-refractivity contribution in [1.29, 1.82) is 0 Å². The van der Waals surface area contributed by atoms with Crippen LogP contribution in [-0.4, -0.2) is 39.8 Å². The van der Waals surface area contributed by atoms with Crippen LogP contribution in [0.5, 0.6) is 0 Å². The Morgan fingerprint density at radius 3 is 2.90 bits per heavy atom. The Morgan fingerprint density at radius 1 is 1.40 bits per heavy atom. The van der Waals surface area contributed by atoms with Gasteiger partial charge in [0.2, 0.25) is 11.8 Å². The number of rotatable bonds is 3. The maximum absolute atomic E-state index is 5.84. The smallest absolute Gasteiger partial charge is 0.233 e. The molecule has 6 nitrogen and oxygen atoms in total. The molecule has 0 unspecified atom stereocenters. The van der Waals surface area contributed by atoms with Crippen LogP contribution in [0.1, 0.15) is 41.6 Å². The van der Waals surface area contributed by atoms with Gasteiger partial charge >= 0.3 is 0 Å². The summed E-state index contributed by atoms with van der Waals surface area (Å²) in [6.45, 7) is 8.26. The molecule has 108 valence electrons. The van der Waals surface area contributed by atoms with Gasteiger partial charge in [-0.25, -0.2) is 4.98 Å². The number of aromatic nitrogens is 3. The van der Waals surface area contributed by atoms with Crippen LogP contribution in [-0.2, 0) is 4.74 Å². The predicted octanol–water partition coefficient (Wildman–Crippen LogP) is 2.28. The highest BCUT2D eigenvalue weighted by molar-refractivity contribution is 7.09. The van der Waals surface area contributed by atoms with Gasteiger partial charge in [-0.05, 0) is 13.8 Å². The van der Waals surface area contributed by atoms with Crippen molar-refractivity contribution < 1.29 is 9.15 Å². The molecule has 0 saturated carbocycles. The predicted molar refractivity (Wildman–Crippen MR) is 74.6 cm³/mol. The van der Waals surface area contributed by atoms with E-state index >= 15 is 0 Å². The van der Waals surface area contributed by atoms with Gasteiger partial charge in [0, 0.05) is 31.1 Å². The molecule has 3 heterocycles. The zero-order chi connectivity index (χ0) is 14.1. The standard InChI is InChI=1S/C13H18N4O2S/c1-8-7-20-13(14-8)11-6-17(4-5-18-11)9(2)12-16-15-10(3)19-12/h7,9,11H,4-6H2,1-3H3/t9-,11-/m1/s1. The van der Waals surface area contributed by atoms with Crippen LogP contribution in [0, 0.1) is 13.8 Å². The third-order valence-corrected chi connectivity index (χ3v) is 4.51. The monoisotopic (exact) mass is 294 g/mol. The first kappa shape index (κ1) is 13.7. The average molecular weight is 294 g/mol. The lowest BCUT2D eigenvalue weighted by Gasteiger charge is -2.34. The molecule has 2 atom stereocenters. The highest BCUT2D eigenvalue weighted by Crippen LogP contribution is 2.29. The van der Waals surface area contributed by atoms with Gasteiger partial charge in [0.1, 0.15) is 11.1 Å². The molecular weight excluding hydrogens is 276 g/mol. The molecule has 7 heteroatoms. The molecule has 2 aromatic rings. The first-order valence-corrected chi connectivity index (χ1v) is 7.59. The minimum Gasteiger partial charge on any atom is -0.424 e. The first-order valence-electron chi connectivity index (χ1n) is 6.71. The van der Waals surface area contributed by atoms with Crippen molar-refractivity contribution >= 4 is 11.3 Å². The zero-order valence-corrected chi connectivity index (χ0v) is 12.7. The number of aryl methyl sites for hydroxylation is 2. The molecule has 0 N–H and O–H groups in total. The van der Waals surface area contributed by atoms with Crippen molar-refractivity contribution in [2.45, 2.75) is 32.9 Å². The van der Waals surface area contributed by atoms with Gasteiger partial charge in [-0.1, -0.05) is 0 Å². The van der Waals surface area contributed by atoms with Crippen LogP contribution in [0.4, 0.5) is 0 Å². The summed E-state index contributed by atoms with van der Waals surface area (Å²) in [5.74, 6) is 1.27. The Morgan fingerprint density at radius 2 is 2.25 bits per heavy atom. The summed E-state index contributed by atoms with van der Waals surface area (Å²) >= 11 is 1.66. The van der Waals surface area contributed by atoms with E-state index < -0.39 is 0 Å². The normalized spacial score (nSPS) is 22.1. The minimum atomic E-state index is 0.0360. The Labute approximate surface area is 121 Å². The Hall–Kier alpha value is -1.31. The summed E-state index contributed by atoms with van der Waals surface area (Å²) in [4.78, 5) is 6.82. The summed E-state index contributed by atoms with van der Waals surface area (Å²) in [7, 11) is 0. The SMILES string of the molecule is Cc1csc([C@H]2CN([C@H](C)c3nnc(C)o3)CCO2)n1. The number of hydrogen-bond acceptors (Lipinski definition) is 7. The highest BCUT2D eigenvalue weighted by Gasteiger charge is 2.29. The Kier molecular flexibility index (Phi) is 3.82. The molecule has 0 bridgehead atoms. The molecule has 1 saturated heterocycles. The van der Waals surface area contributed by atoms with E-state index in [1.807, 2.05) is 13.8 Å². The molecule has 0 radical (unpaired) electrons. The Bertz CT molecular complexity index is 544. The number of thiazole rings is 1. The summed E-state index contributed by atoms with van der Waals surface area (Å²) < 4.78 is 11.4. The third kappa shape index (κ3) is 2.74. The summed E-state index contributed by atoms with van der Waals surface area (Å²) in [5, 5.41) is 11.1. The zero-order valence-electron chi connectivity index (χ0n) is 11.9. The van der Waals surface area contributed by atoms with Gasteiger partial charge in [-0.3, -0.25) is 4.90 Å². The van der Waals surface area contributed by atoms with E-state index in [0.29, 0.717) is 18.4 Å². The van der Waals surface area contributed by atoms with Gasteiger partial charge in [-0.15, -0.1) is 21.5 Å². The van der Waals surface area contributed by atoms with E-state index in [1.165, 1.54) is 0 Å². The van der Waals surface area contributed by atoms with Crippen molar-refractivity contribution in [2.75, 3.05) is 19.7 Å². The van der Waals surface area contributed by atoms with Crippen molar-refractivity contribution in [3.63, 3.8) is 0 Å². The topological polar surface area (TPSA) is 64.3 Å². The Balaban J connectivity index is 1.71. The third-order valence-electron chi connectivity index (χ3n) is 3.46. The highest BCUT2D eigenvalue weighted by atomic mass is 32.1. The fraction of sp³-hybridized carbons (Fsp3) is 0.615. The molecule has 20 heavy (non-hydrogen) atoms. The second kappa shape index (κ2) is 5.59.